The Morgan fingerprint density at radius 2 is 2.41 bits per heavy atom. The Bertz CT molecular complexity index is 348. The molecule has 0 aromatic carbocycles. The molecule has 0 radical (unpaired) electrons. The van der Waals surface area contributed by atoms with Gasteiger partial charge in [-0.15, -0.1) is 11.3 Å². The molecule has 0 amide bonds. The molecule has 2 heterocycles. The maximum Gasteiger partial charge on any atom is 0.109 e. The molecule has 2 atom stereocenters. The summed E-state index contributed by atoms with van der Waals surface area (Å²) in [6, 6.07) is 1.20. The van der Waals surface area contributed by atoms with E-state index in [1.54, 1.807) is 11.3 Å². The number of nitrogens with zero attached hydrogens (tertiary/aromatic N) is 2. The second-order valence-corrected chi connectivity index (χ2v) is 6.22. The average Bonchev–Trinajstić information content (AvgIpc) is 3.08. The van der Waals surface area contributed by atoms with Gasteiger partial charge >= 0.3 is 0 Å². The average molecular weight is 251 g/mol. The third kappa shape index (κ3) is 2.69. The number of thiazole rings is 1. The molecule has 1 aliphatic carbocycles. The minimum atomic E-state index is 0.483. The first-order valence-electron chi connectivity index (χ1n) is 6.71. The molecule has 1 aromatic rings. The second-order valence-electron chi connectivity index (χ2n) is 5.29. The van der Waals surface area contributed by atoms with Gasteiger partial charge in [0.2, 0.25) is 0 Å². The van der Waals surface area contributed by atoms with Crippen molar-refractivity contribution in [2.75, 3.05) is 19.6 Å². The number of hydrogen-bond acceptors (Lipinski definition) is 4. The van der Waals surface area contributed by atoms with Gasteiger partial charge in [-0.2, -0.15) is 0 Å². The van der Waals surface area contributed by atoms with Crippen molar-refractivity contribution in [1.29, 1.82) is 0 Å². The van der Waals surface area contributed by atoms with E-state index in [2.05, 4.69) is 27.5 Å². The van der Waals surface area contributed by atoms with Crippen molar-refractivity contribution in [3.05, 3.63) is 16.6 Å². The van der Waals surface area contributed by atoms with Crippen LogP contribution in [0.2, 0.25) is 0 Å². The van der Waals surface area contributed by atoms with Gasteiger partial charge in [0.25, 0.3) is 0 Å². The Labute approximate surface area is 107 Å². The molecule has 2 aliphatic rings. The fraction of sp³-hybridized carbons (Fsp3) is 0.769. The monoisotopic (exact) mass is 251 g/mol. The van der Waals surface area contributed by atoms with Crippen molar-refractivity contribution in [3.63, 3.8) is 0 Å². The Morgan fingerprint density at radius 3 is 3.12 bits per heavy atom. The Kier molecular flexibility index (Phi) is 3.45. The lowest BCUT2D eigenvalue weighted by Crippen LogP contribution is -2.40. The minimum absolute atomic E-state index is 0.483. The van der Waals surface area contributed by atoms with Gasteiger partial charge in [0.15, 0.2) is 0 Å². The normalized spacial score (nSPS) is 28.9. The highest BCUT2D eigenvalue weighted by molar-refractivity contribution is 7.09. The molecule has 0 spiro atoms. The molecule has 2 unspecified atom stereocenters. The maximum absolute atomic E-state index is 4.46. The fourth-order valence-electron chi connectivity index (χ4n) is 2.74. The predicted octanol–water partition coefficient (Wildman–Crippen LogP) is 2.28. The van der Waals surface area contributed by atoms with E-state index < -0.39 is 0 Å². The van der Waals surface area contributed by atoms with E-state index in [1.165, 1.54) is 43.9 Å². The molecule has 1 saturated heterocycles. The number of aromatic nitrogens is 1. The summed E-state index contributed by atoms with van der Waals surface area (Å²) >= 11 is 1.78. The highest BCUT2D eigenvalue weighted by Crippen LogP contribution is 2.35. The smallest absolute Gasteiger partial charge is 0.109 e. The van der Waals surface area contributed by atoms with Crippen LogP contribution in [0.4, 0.5) is 0 Å². The lowest BCUT2D eigenvalue weighted by molar-refractivity contribution is 0.200. The largest absolute Gasteiger partial charge is 0.312 e. The topological polar surface area (TPSA) is 28.2 Å². The van der Waals surface area contributed by atoms with Gasteiger partial charge in [-0.25, -0.2) is 4.98 Å². The van der Waals surface area contributed by atoms with E-state index in [0.29, 0.717) is 6.04 Å². The van der Waals surface area contributed by atoms with Crippen molar-refractivity contribution in [1.82, 2.24) is 15.2 Å². The zero-order valence-corrected chi connectivity index (χ0v) is 11.2. The first kappa shape index (κ1) is 11.6. The van der Waals surface area contributed by atoms with Crippen LogP contribution in [0.15, 0.2) is 11.6 Å². The van der Waals surface area contributed by atoms with Crippen LogP contribution in [0.1, 0.15) is 37.2 Å². The molecule has 4 heteroatoms. The van der Waals surface area contributed by atoms with Gasteiger partial charge in [-0.05, 0) is 38.6 Å². The number of rotatable bonds is 3. The van der Waals surface area contributed by atoms with Gasteiger partial charge in [-0.3, -0.25) is 4.90 Å². The van der Waals surface area contributed by atoms with Crippen molar-refractivity contribution in [2.45, 2.75) is 38.3 Å². The third-order valence-corrected chi connectivity index (χ3v) is 4.95. The highest BCUT2D eigenvalue weighted by Gasteiger charge is 2.34. The number of hydrogen-bond donors (Lipinski definition) is 1. The molecular weight excluding hydrogens is 230 g/mol. The quantitative estimate of drug-likeness (QED) is 0.893. The van der Waals surface area contributed by atoms with Crippen molar-refractivity contribution in [2.24, 2.45) is 5.92 Å². The molecular formula is C13H21N3S. The summed E-state index contributed by atoms with van der Waals surface area (Å²) in [5, 5.41) is 7.06. The Hall–Kier alpha value is -0.450. The molecule has 1 saturated carbocycles. The zero-order chi connectivity index (χ0) is 11.7. The van der Waals surface area contributed by atoms with Crippen molar-refractivity contribution >= 4 is 11.3 Å². The van der Waals surface area contributed by atoms with Crippen LogP contribution in [0.3, 0.4) is 0 Å². The molecule has 1 aromatic heterocycles. The van der Waals surface area contributed by atoms with Crippen LogP contribution in [-0.2, 0) is 0 Å². The van der Waals surface area contributed by atoms with Crippen molar-refractivity contribution < 1.29 is 0 Å². The predicted molar refractivity (Wildman–Crippen MR) is 71.2 cm³/mol. The van der Waals surface area contributed by atoms with E-state index in [9.17, 15) is 0 Å². The van der Waals surface area contributed by atoms with Crippen LogP contribution in [0, 0.1) is 5.92 Å². The summed E-state index contributed by atoms with van der Waals surface area (Å²) in [6.07, 6.45) is 6.04. The standard InChI is InChI=1S/C13H21N3S/c1-10(13-15-6-8-17-13)16-7-2-5-14-12(9-16)11-3-4-11/h6,8,10-12,14H,2-5,7,9H2,1H3. The van der Waals surface area contributed by atoms with Gasteiger partial charge in [0, 0.05) is 30.7 Å². The molecule has 3 nitrogen and oxygen atoms in total. The van der Waals surface area contributed by atoms with Crippen LogP contribution in [0.5, 0.6) is 0 Å². The molecule has 2 fully saturated rings. The van der Waals surface area contributed by atoms with Crippen LogP contribution >= 0.6 is 11.3 Å². The second kappa shape index (κ2) is 5.04. The fourth-order valence-corrected chi connectivity index (χ4v) is 3.47. The van der Waals surface area contributed by atoms with Gasteiger partial charge in [-0.1, -0.05) is 0 Å². The summed E-state index contributed by atoms with van der Waals surface area (Å²) < 4.78 is 0. The molecule has 17 heavy (non-hydrogen) atoms. The SMILES string of the molecule is CC(c1nccs1)N1CCCNC(C2CC2)C1. The molecule has 1 aliphatic heterocycles. The van der Waals surface area contributed by atoms with Gasteiger partial charge in [0.1, 0.15) is 5.01 Å². The maximum atomic E-state index is 4.46. The van der Waals surface area contributed by atoms with E-state index >= 15 is 0 Å². The lowest BCUT2D eigenvalue weighted by Gasteiger charge is -2.29. The first-order valence-corrected chi connectivity index (χ1v) is 7.59. The van der Waals surface area contributed by atoms with Crippen LogP contribution in [0.25, 0.3) is 0 Å². The molecule has 1 N–H and O–H groups in total. The van der Waals surface area contributed by atoms with Crippen LogP contribution < -0.4 is 5.32 Å². The van der Waals surface area contributed by atoms with Gasteiger partial charge < -0.3 is 5.32 Å². The van der Waals surface area contributed by atoms with Crippen molar-refractivity contribution in [3.8, 4) is 0 Å². The summed E-state index contributed by atoms with van der Waals surface area (Å²) in [5.74, 6) is 0.944. The molecule has 94 valence electrons. The molecule has 3 rings (SSSR count). The molecule has 0 bridgehead atoms. The van der Waals surface area contributed by atoms with Gasteiger partial charge in [0.05, 0.1) is 6.04 Å². The Morgan fingerprint density at radius 1 is 1.53 bits per heavy atom. The first-order chi connectivity index (χ1) is 8.34. The number of nitrogens with one attached hydrogen (secondary N) is 1. The summed E-state index contributed by atoms with van der Waals surface area (Å²) in [5.41, 5.74) is 0. The summed E-state index contributed by atoms with van der Waals surface area (Å²) in [6.45, 7) is 5.89. The van der Waals surface area contributed by atoms with Crippen LogP contribution in [-0.4, -0.2) is 35.6 Å². The van der Waals surface area contributed by atoms with E-state index in [1.807, 2.05) is 6.20 Å². The van der Waals surface area contributed by atoms with E-state index in [4.69, 9.17) is 0 Å². The summed E-state index contributed by atoms with van der Waals surface area (Å²) in [4.78, 5) is 7.08. The zero-order valence-electron chi connectivity index (χ0n) is 10.4. The summed E-state index contributed by atoms with van der Waals surface area (Å²) in [7, 11) is 0. The third-order valence-electron chi connectivity index (χ3n) is 4.01. The van der Waals surface area contributed by atoms with E-state index in [-0.39, 0.29) is 0 Å². The van der Waals surface area contributed by atoms with E-state index in [0.717, 1.165) is 12.0 Å². The Balaban J connectivity index is 1.68. The lowest BCUT2D eigenvalue weighted by atomic mass is 10.1. The highest BCUT2D eigenvalue weighted by atomic mass is 32.1. The minimum Gasteiger partial charge on any atom is -0.312 e.